The highest BCUT2D eigenvalue weighted by Gasteiger charge is 2.21. The third kappa shape index (κ3) is 2.89. The van der Waals surface area contributed by atoms with Crippen molar-refractivity contribution < 1.29 is 18.8 Å². The maximum atomic E-state index is 11.0. The summed E-state index contributed by atoms with van der Waals surface area (Å²) < 4.78 is 25.2. The second-order valence-corrected chi connectivity index (χ2v) is 2.85. The van der Waals surface area contributed by atoms with Gasteiger partial charge in [0.05, 0.1) is 6.10 Å². The van der Waals surface area contributed by atoms with Crippen molar-refractivity contribution in [2.45, 2.75) is 44.7 Å². The van der Waals surface area contributed by atoms with Gasteiger partial charge in [-0.3, -0.25) is 4.79 Å². The molecule has 0 bridgehead atoms. The molecule has 64 valence electrons. The van der Waals surface area contributed by atoms with Crippen LogP contribution in [0.1, 0.15) is 36.6 Å². The van der Waals surface area contributed by atoms with Crippen molar-refractivity contribution in [3.05, 3.63) is 0 Å². The van der Waals surface area contributed by atoms with E-state index in [1.165, 1.54) is 0 Å². The zero-order chi connectivity index (χ0) is 10.8. The van der Waals surface area contributed by atoms with Crippen LogP contribution in [0, 0.1) is 0 Å². The van der Waals surface area contributed by atoms with E-state index in [0.717, 1.165) is 6.42 Å². The number of esters is 1. The predicted octanol–water partition coefficient (Wildman–Crippen LogP) is 0.853. The third-order valence-electron chi connectivity index (χ3n) is 1.87. The first kappa shape index (κ1) is 5.14. The van der Waals surface area contributed by atoms with Crippen LogP contribution in [0.4, 0.5) is 0 Å². The Morgan fingerprint density at radius 2 is 2.55 bits per heavy atom. The number of hydrogen-bond acceptors (Lipinski definition) is 3. The number of hydrogen-bond donors (Lipinski definition) is 1. The molecule has 0 spiro atoms. The molecule has 0 aromatic rings. The van der Waals surface area contributed by atoms with Gasteiger partial charge in [0.2, 0.25) is 0 Å². The summed E-state index contributed by atoms with van der Waals surface area (Å²) in [5.41, 5.74) is 0. The van der Waals surface area contributed by atoms with E-state index in [2.05, 4.69) is 0 Å². The lowest BCUT2D eigenvalue weighted by Crippen LogP contribution is -2.27. The Bertz CT molecular complexity index is 214. The van der Waals surface area contributed by atoms with Gasteiger partial charge < -0.3 is 9.84 Å². The largest absolute Gasteiger partial charge is 0.462 e. The fourth-order valence-electron chi connectivity index (χ4n) is 1.38. The highest BCUT2D eigenvalue weighted by Crippen LogP contribution is 2.20. The van der Waals surface area contributed by atoms with Gasteiger partial charge in [0.25, 0.3) is 0 Å². The van der Waals surface area contributed by atoms with Crippen LogP contribution >= 0.6 is 0 Å². The van der Waals surface area contributed by atoms with E-state index in [0.29, 0.717) is 19.3 Å². The molecule has 0 unspecified atom stereocenters. The predicted molar refractivity (Wildman–Crippen MR) is 40.0 cm³/mol. The van der Waals surface area contributed by atoms with E-state index < -0.39 is 25.0 Å². The van der Waals surface area contributed by atoms with Crippen molar-refractivity contribution in [2.24, 2.45) is 0 Å². The van der Waals surface area contributed by atoms with Crippen LogP contribution in [0.3, 0.4) is 0 Å². The molecule has 1 rings (SSSR count). The molecule has 0 heterocycles. The summed E-state index contributed by atoms with van der Waals surface area (Å²) in [6, 6.07) is 0. The van der Waals surface area contributed by atoms with Crippen LogP contribution in [0.5, 0.6) is 0 Å². The summed E-state index contributed by atoms with van der Waals surface area (Å²) >= 11 is 0. The maximum Gasteiger partial charge on any atom is 0.302 e. The molecule has 0 amide bonds. The number of aliphatic hydroxyl groups is 1. The van der Waals surface area contributed by atoms with Gasteiger partial charge in [0.15, 0.2) is 0 Å². The lowest BCUT2D eigenvalue weighted by Gasteiger charge is -2.24. The molecule has 11 heavy (non-hydrogen) atoms. The second kappa shape index (κ2) is 3.72. The number of ether oxygens (including phenoxy) is 1. The van der Waals surface area contributed by atoms with Crippen LogP contribution in [-0.2, 0) is 9.53 Å². The highest BCUT2D eigenvalue weighted by atomic mass is 16.5. The zero-order valence-corrected chi connectivity index (χ0v) is 6.25. The summed E-state index contributed by atoms with van der Waals surface area (Å²) in [6.45, 7) is -2.69. The fourth-order valence-corrected chi connectivity index (χ4v) is 1.38. The molecule has 1 aliphatic rings. The van der Waals surface area contributed by atoms with Crippen LogP contribution < -0.4 is 0 Å². The van der Waals surface area contributed by atoms with Crippen molar-refractivity contribution in [1.29, 1.82) is 0 Å². The van der Waals surface area contributed by atoms with Gasteiger partial charge in [-0.1, -0.05) is 0 Å². The minimum absolute atomic E-state index is 0.349. The van der Waals surface area contributed by atoms with Gasteiger partial charge in [-0.15, -0.1) is 0 Å². The van der Waals surface area contributed by atoms with Crippen LogP contribution in [-0.4, -0.2) is 23.3 Å². The van der Waals surface area contributed by atoms with Crippen molar-refractivity contribution in [3.8, 4) is 0 Å². The monoisotopic (exact) mass is 161 g/mol. The lowest BCUT2D eigenvalue weighted by molar-refractivity contribution is -0.149. The Hall–Kier alpha value is -0.570. The molecule has 1 aliphatic carbocycles. The van der Waals surface area contributed by atoms with E-state index in [1.807, 2.05) is 0 Å². The van der Waals surface area contributed by atoms with Crippen molar-refractivity contribution in [3.63, 3.8) is 0 Å². The molecule has 3 heteroatoms. The molecular formula is C8H14O3. The highest BCUT2D eigenvalue weighted by molar-refractivity contribution is 5.66. The molecule has 0 saturated heterocycles. The average Bonchev–Trinajstić information content (AvgIpc) is 2.02. The standard InChI is InChI=1S/C8H14O3/c1-6(9)11-8-4-2-3-7(10)5-8/h7-8,10H,2-5H2,1H3/t7-,8+/m1/s1/i1D3. The Kier molecular flexibility index (Phi) is 1.74. The van der Waals surface area contributed by atoms with Crippen molar-refractivity contribution in [1.82, 2.24) is 0 Å². The van der Waals surface area contributed by atoms with Crippen LogP contribution in [0.2, 0.25) is 0 Å². The van der Waals surface area contributed by atoms with E-state index in [4.69, 9.17) is 8.85 Å². The van der Waals surface area contributed by atoms with Gasteiger partial charge in [-0.05, 0) is 19.3 Å². The molecule has 0 aromatic heterocycles. The normalized spacial score (nSPS) is 36.6. The second-order valence-electron chi connectivity index (χ2n) is 2.85. The topological polar surface area (TPSA) is 46.5 Å². The van der Waals surface area contributed by atoms with Gasteiger partial charge in [-0.25, -0.2) is 0 Å². The van der Waals surface area contributed by atoms with Crippen molar-refractivity contribution in [2.75, 3.05) is 0 Å². The summed E-state index contributed by atoms with van der Waals surface area (Å²) in [5.74, 6) is -1.17. The molecule has 0 aromatic carbocycles. The maximum absolute atomic E-state index is 11.0. The zero-order valence-electron chi connectivity index (χ0n) is 9.25. The van der Waals surface area contributed by atoms with E-state index in [-0.39, 0.29) is 0 Å². The van der Waals surface area contributed by atoms with Gasteiger partial charge in [0.1, 0.15) is 6.10 Å². The minimum Gasteiger partial charge on any atom is -0.462 e. The number of carbonyl (C=O) groups excluding carboxylic acids is 1. The van der Waals surface area contributed by atoms with E-state index >= 15 is 0 Å². The molecule has 2 atom stereocenters. The third-order valence-corrected chi connectivity index (χ3v) is 1.87. The first-order chi connectivity index (χ1) is 6.39. The molecular weight excluding hydrogens is 144 g/mol. The molecule has 3 nitrogen and oxygen atoms in total. The molecule has 1 fully saturated rings. The molecule has 1 saturated carbocycles. The quantitative estimate of drug-likeness (QED) is 0.580. The van der Waals surface area contributed by atoms with Crippen LogP contribution in [0.25, 0.3) is 0 Å². The molecule has 0 aliphatic heterocycles. The SMILES string of the molecule is [2H]C([2H])([2H])C(=O)O[C@H]1CCC[C@@H](O)C1. The Balaban J connectivity index is 2.40. The Morgan fingerprint density at radius 3 is 3.18 bits per heavy atom. The Morgan fingerprint density at radius 1 is 1.73 bits per heavy atom. The van der Waals surface area contributed by atoms with E-state index in [9.17, 15) is 9.90 Å². The lowest BCUT2D eigenvalue weighted by atomic mass is 9.95. The number of aliphatic hydroxyl groups excluding tert-OH is 1. The molecule has 0 radical (unpaired) electrons. The van der Waals surface area contributed by atoms with Gasteiger partial charge >= 0.3 is 5.97 Å². The Labute approximate surface area is 70.6 Å². The van der Waals surface area contributed by atoms with Gasteiger partial charge in [0, 0.05) is 17.4 Å². The van der Waals surface area contributed by atoms with Crippen molar-refractivity contribution >= 4 is 5.97 Å². The van der Waals surface area contributed by atoms with E-state index in [1.54, 1.807) is 0 Å². The van der Waals surface area contributed by atoms with Crippen LogP contribution in [0.15, 0.2) is 0 Å². The minimum atomic E-state index is -2.69. The number of carbonyl (C=O) groups is 1. The smallest absolute Gasteiger partial charge is 0.302 e. The average molecular weight is 161 g/mol. The summed E-state index contributed by atoms with van der Waals surface area (Å²) in [5, 5.41) is 9.26. The molecule has 1 N–H and O–H groups in total. The summed E-state index contributed by atoms with van der Waals surface area (Å²) in [6.07, 6.45) is 1.53. The summed E-state index contributed by atoms with van der Waals surface area (Å²) in [4.78, 5) is 11.0. The fraction of sp³-hybridized carbons (Fsp3) is 0.875. The van der Waals surface area contributed by atoms with Gasteiger partial charge in [-0.2, -0.15) is 0 Å². The first-order valence-corrected chi connectivity index (χ1v) is 3.79. The number of rotatable bonds is 1. The first-order valence-electron chi connectivity index (χ1n) is 5.29. The summed E-state index contributed by atoms with van der Waals surface area (Å²) in [7, 11) is 0.